The Balaban J connectivity index is 2.38. The molecule has 94 valence electrons. The summed E-state index contributed by atoms with van der Waals surface area (Å²) < 4.78 is 6.28. The highest BCUT2D eigenvalue weighted by molar-refractivity contribution is 5.91. The fourth-order valence-corrected chi connectivity index (χ4v) is 1.16. The number of ether oxygens (including phenoxy) is 1. The maximum atomic E-state index is 11.3. The molecule has 0 aliphatic carbocycles. The van der Waals surface area contributed by atoms with E-state index >= 15 is 0 Å². The third kappa shape index (κ3) is 5.12. The summed E-state index contributed by atoms with van der Waals surface area (Å²) in [6.45, 7) is 2.24. The van der Waals surface area contributed by atoms with Crippen LogP contribution in [0, 0.1) is 0 Å². The third-order valence-corrected chi connectivity index (χ3v) is 1.80. The number of hydrogen-bond donors (Lipinski definition) is 2. The van der Waals surface area contributed by atoms with Crippen LogP contribution in [-0.4, -0.2) is 40.0 Å². The van der Waals surface area contributed by atoms with Crippen LogP contribution in [0.25, 0.3) is 0 Å². The molecule has 0 fully saturated rings. The van der Waals surface area contributed by atoms with Crippen LogP contribution >= 0.6 is 0 Å². The summed E-state index contributed by atoms with van der Waals surface area (Å²) in [5, 5.41) is 14.9. The molecule has 0 unspecified atom stereocenters. The van der Waals surface area contributed by atoms with Crippen molar-refractivity contribution in [3.8, 4) is 0 Å². The van der Waals surface area contributed by atoms with E-state index in [-0.39, 0.29) is 19.1 Å². The molecule has 17 heavy (non-hydrogen) atoms. The van der Waals surface area contributed by atoms with Gasteiger partial charge in [0.05, 0.1) is 11.9 Å². The normalized spacial score (nSPS) is 10.2. The Morgan fingerprint density at radius 2 is 2.35 bits per heavy atom. The lowest BCUT2D eigenvalue weighted by Gasteiger charge is -2.02. The fraction of sp³-hybridized carbons (Fsp3) is 0.500. The lowest BCUT2D eigenvalue weighted by Crippen LogP contribution is -2.18. The van der Waals surface area contributed by atoms with E-state index in [1.54, 1.807) is 0 Å². The van der Waals surface area contributed by atoms with Crippen molar-refractivity contribution in [3.63, 3.8) is 0 Å². The van der Waals surface area contributed by atoms with E-state index in [1.807, 2.05) is 6.92 Å². The highest BCUT2D eigenvalue weighted by Crippen LogP contribution is 2.04. The van der Waals surface area contributed by atoms with Gasteiger partial charge < -0.3 is 15.2 Å². The van der Waals surface area contributed by atoms with Crippen LogP contribution in [0.1, 0.15) is 13.3 Å². The third-order valence-electron chi connectivity index (χ3n) is 1.80. The van der Waals surface area contributed by atoms with E-state index in [0.717, 1.165) is 6.42 Å². The van der Waals surface area contributed by atoms with E-state index in [2.05, 4.69) is 10.4 Å². The predicted octanol–water partition coefficient (Wildman–Crippen LogP) is 0.333. The number of hydrogen-bond acceptors (Lipinski definition) is 4. The highest BCUT2D eigenvalue weighted by Gasteiger charge is 2.06. The van der Waals surface area contributed by atoms with Crippen LogP contribution in [0.5, 0.6) is 0 Å². The molecule has 0 saturated carbocycles. The topological polar surface area (TPSA) is 93.5 Å². The first kappa shape index (κ1) is 13.2. The largest absolute Gasteiger partial charge is 0.480 e. The van der Waals surface area contributed by atoms with Gasteiger partial charge in [0.1, 0.15) is 13.2 Å². The second-order valence-corrected chi connectivity index (χ2v) is 3.42. The molecule has 0 spiro atoms. The number of nitrogens with zero attached hydrogens (tertiary/aromatic N) is 2. The summed E-state index contributed by atoms with van der Waals surface area (Å²) in [6.07, 6.45) is 3.69. The summed E-state index contributed by atoms with van der Waals surface area (Å²) in [6, 6.07) is 0. The smallest absolute Gasteiger partial charge is 0.325 e. The Morgan fingerprint density at radius 3 is 3.00 bits per heavy atom. The molecule has 1 aromatic rings. The number of nitrogens with one attached hydrogen (secondary N) is 1. The molecular formula is C10H15N3O4. The molecule has 1 aromatic heterocycles. The number of rotatable bonds is 7. The number of aliphatic carboxylic acids is 1. The summed E-state index contributed by atoms with van der Waals surface area (Å²) in [7, 11) is 0. The van der Waals surface area contributed by atoms with Crippen molar-refractivity contribution in [2.75, 3.05) is 18.5 Å². The number of anilines is 1. The SMILES string of the molecule is CCCOCC(=O)Nc1cnn(CC(=O)O)c1. The minimum absolute atomic E-state index is 0.0159. The molecule has 1 amide bonds. The molecule has 0 bridgehead atoms. The minimum atomic E-state index is -0.989. The summed E-state index contributed by atoms with van der Waals surface area (Å²) >= 11 is 0. The monoisotopic (exact) mass is 241 g/mol. The summed E-state index contributed by atoms with van der Waals surface area (Å²) in [5.74, 6) is -1.27. The lowest BCUT2D eigenvalue weighted by atomic mass is 10.5. The predicted molar refractivity (Wildman–Crippen MR) is 59.6 cm³/mol. The quantitative estimate of drug-likeness (QED) is 0.671. The van der Waals surface area contributed by atoms with Crippen molar-refractivity contribution >= 4 is 17.6 Å². The fourth-order valence-electron chi connectivity index (χ4n) is 1.16. The zero-order valence-corrected chi connectivity index (χ0v) is 9.55. The van der Waals surface area contributed by atoms with Gasteiger partial charge in [-0.1, -0.05) is 6.92 Å². The zero-order chi connectivity index (χ0) is 12.7. The van der Waals surface area contributed by atoms with Gasteiger partial charge in [-0.2, -0.15) is 5.10 Å². The molecule has 0 saturated heterocycles. The standard InChI is InChI=1S/C10H15N3O4/c1-2-3-17-7-9(14)12-8-4-11-13(5-8)6-10(15)16/h4-5H,2-3,6-7H2,1H3,(H,12,14)(H,15,16). The number of aromatic nitrogens is 2. The Morgan fingerprint density at radius 1 is 1.59 bits per heavy atom. The maximum absolute atomic E-state index is 11.3. The molecule has 0 aromatic carbocycles. The van der Waals surface area contributed by atoms with Crippen LogP contribution in [0.3, 0.4) is 0 Å². The first-order valence-electron chi connectivity index (χ1n) is 5.23. The van der Waals surface area contributed by atoms with Gasteiger partial charge in [-0.25, -0.2) is 0 Å². The van der Waals surface area contributed by atoms with Crippen molar-refractivity contribution in [2.45, 2.75) is 19.9 Å². The van der Waals surface area contributed by atoms with E-state index in [0.29, 0.717) is 12.3 Å². The highest BCUT2D eigenvalue weighted by atomic mass is 16.5. The van der Waals surface area contributed by atoms with Gasteiger partial charge in [0.2, 0.25) is 5.91 Å². The average molecular weight is 241 g/mol. The van der Waals surface area contributed by atoms with Gasteiger partial charge in [0.15, 0.2) is 0 Å². The second kappa shape index (κ2) is 6.64. The van der Waals surface area contributed by atoms with Crippen molar-refractivity contribution < 1.29 is 19.4 Å². The first-order valence-corrected chi connectivity index (χ1v) is 5.23. The first-order chi connectivity index (χ1) is 8.11. The van der Waals surface area contributed by atoms with Crippen LogP contribution in [-0.2, 0) is 20.9 Å². The molecule has 0 atom stereocenters. The summed E-state index contributed by atoms with van der Waals surface area (Å²) in [5.41, 5.74) is 0.455. The molecule has 0 aliphatic heterocycles. The van der Waals surface area contributed by atoms with Crippen molar-refractivity contribution in [1.29, 1.82) is 0 Å². The van der Waals surface area contributed by atoms with Crippen LogP contribution < -0.4 is 5.32 Å². The van der Waals surface area contributed by atoms with Gasteiger partial charge in [0.25, 0.3) is 0 Å². The van der Waals surface area contributed by atoms with Crippen LogP contribution in [0.15, 0.2) is 12.4 Å². The number of carboxylic acid groups (broad SMARTS) is 1. The van der Waals surface area contributed by atoms with Gasteiger partial charge in [-0.05, 0) is 6.42 Å². The van der Waals surface area contributed by atoms with E-state index < -0.39 is 5.97 Å². The second-order valence-electron chi connectivity index (χ2n) is 3.42. The van der Waals surface area contributed by atoms with Gasteiger partial charge in [-0.15, -0.1) is 0 Å². The van der Waals surface area contributed by atoms with Crippen molar-refractivity contribution in [1.82, 2.24) is 9.78 Å². The number of amides is 1. The van der Waals surface area contributed by atoms with Crippen LogP contribution in [0.4, 0.5) is 5.69 Å². The number of carbonyl (C=O) groups is 2. The van der Waals surface area contributed by atoms with Crippen molar-refractivity contribution in [3.05, 3.63) is 12.4 Å². The number of carboxylic acids is 1. The Bertz CT molecular complexity index is 389. The molecule has 0 radical (unpaired) electrons. The molecular weight excluding hydrogens is 226 g/mol. The lowest BCUT2D eigenvalue weighted by molar-refractivity contribution is -0.137. The summed E-state index contributed by atoms with van der Waals surface area (Å²) in [4.78, 5) is 21.7. The molecule has 0 aliphatic rings. The van der Waals surface area contributed by atoms with Gasteiger partial charge >= 0.3 is 5.97 Å². The number of carbonyl (C=O) groups excluding carboxylic acids is 1. The van der Waals surface area contributed by atoms with Gasteiger partial charge in [-0.3, -0.25) is 14.3 Å². The van der Waals surface area contributed by atoms with E-state index in [1.165, 1.54) is 17.1 Å². The van der Waals surface area contributed by atoms with Crippen LogP contribution in [0.2, 0.25) is 0 Å². The average Bonchev–Trinajstić information content (AvgIpc) is 2.64. The maximum Gasteiger partial charge on any atom is 0.325 e. The molecule has 7 heteroatoms. The molecule has 7 nitrogen and oxygen atoms in total. The molecule has 2 N–H and O–H groups in total. The van der Waals surface area contributed by atoms with E-state index in [9.17, 15) is 9.59 Å². The zero-order valence-electron chi connectivity index (χ0n) is 9.55. The van der Waals surface area contributed by atoms with E-state index in [4.69, 9.17) is 9.84 Å². The Labute approximate surface area is 98.4 Å². The molecule has 1 heterocycles. The Hall–Kier alpha value is -1.89. The van der Waals surface area contributed by atoms with Crippen molar-refractivity contribution in [2.24, 2.45) is 0 Å². The minimum Gasteiger partial charge on any atom is -0.480 e. The molecule has 1 rings (SSSR count). The Kier molecular flexibility index (Phi) is 5.15. The van der Waals surface area contributed by atoms with Gasteiger partial charge in [0, 0.05) is 12.8 Å².